The maximum atomic E-state index is 12.0. The molecule has 108 valence electrons. The van der Waals surface area contributed by atoms with E-state index in [-0.39, 0.29) is 5.56 Å². The Kier molecular flexibility index (Phi) is 3.73. The van der Waals surface area contributed by atoms with E-state index >= 15 is 0 Å². The van der Waals surface area contributed by atoms with Gasteiger partial charge < -0.3 is 9.88 Å². The molecule has 3 aromatic rings. The van der Waals surface area contributed by atoms with Gasteiger partial charge in [-0.3, -0.25) is 9.48 Å². The minimum Gasteiger partial charge on any atom is -0.384 e. The largest absolute Gasteiger partial charge is 0.384 e. The number of fused-ring (bicyclic) bond motifs is 1. The van der Waals surface area contributed by atoms with Crippen molar-refractivity contribution in [3.8, 4) is 0 Å². The zero-order valence-electron chi connectivity index (χ0n) is 12.0. The van der Waals surface area contributed by atoms with Crippen molar-refractivity contribution in [2.45, 2.75) is 13.0 Å². The van der Waals surface area contributed by atoms with Crippen LogP contribution in [0.3, 0.4) is 0 Å². The zero-order valence-corrected chi connectivity index (χ0v) is 12.0. The van der Waals surface area contributed by atoms with Gasteiger partial charge in [-0.05, 0) is 18.6 Å². The molecule has 0 atom stereocenters. The number of anilines is 1. The van der Waals surface area contributed by atoms with Crippen LogP contribution in [0.2, 0.25) is 0 Å². The van der Waals surface area contributed by atoms with Crippen LogP contribution in [0, 0.1) is 0 Å². The molecular formula is C16H18N4O. The highest BCUT2D eigenvalue weighted by atomic mass is 16.1. The van der Waals surface area contributed by atoms with Gasteiger partial charge in [0.05, 0.1) is 5.52 Å². The predicted molar refractivity (Wildman–Crippen MR) is 84.5 cm³/mol. The monoisotopic (exact) mass is 282 g/mol. The maximum Gasteiger partial charge on any atom is 0.252 e. The van der Waals surface area contributed by atoms with E-state index in [1.165, 1.54) is 0 Å². The Morgan fingerprint density at radius 3 is 2.90 bits per heavy atom. The lowest BCUT2D eigenvalue weighted by Crippen LogP contribution is -2.18. The van der Waals surface area contributed by atoms with Gasteiger partial charge in [-0.15, -0.1) is 0 Å². The number of nitrogens with zero attached hydrogens (tertiary/aromatic N) is 3. The van der Waals surface area contributed by atoms with Crippen molar-refractivity contribution in [2.75, 3.05) is 11.9 Å². The second-order valence-corrected chi connectivity index (χ2v) is 5.02. The van der Waals surface area contributed by atoms with E-state index in [0.29, 0.717) is 0 Å². The number of para-hydroxylation sites is 1. The van der Waals surface area contributed by atoms with E-state index < -0.39 is 0 Å². The molecule has 0 bridgehead atoms. The SMILES string of the molecule is Cn1c(=O)cc(NCCCn2cccn2)c2ccccc21. The molecule has 0 unspecified atom stereocenters. The topological polar surface area (TPSA) is 51.9 Å². The average molecular weight is 282 g/mol. The molecule has 1 aromatic carbocycles. The van der Waals surface area contributed by atoms with Gasteiger partial charge in [-0.1, -0.05) is 18.2 Å². The smallest absolute Gasteiger partial charge is 0.252 e. The second kappa shape index (κ2) is 5.83. The van der Waals surface area contributed by atoms with Crippen molar-refractivity contribution >= 4 is 16.6 Å². The summed E-state index contributed by atoms with van der Waals surface area (Å²) in [6.07, 6.45) is 4.68. The first-order valence-electron chi connectivity index (χ1n) is 7.06. The number of pyridine rings is 1. The van der Waals surface area contributed by atoms with Crippen LogP contribution in [-0.4, -0.2) is 20.9 Å². The van der Waals surface area contributed by atoms with E-state index in [9.17, 15) is 4.79 Å². The average Bonchev–Trinajstić information content (AvgIpc) is 3.02. The number of hydrogen-bond acceptors (Lipinski definition) is 3. The molecule has 1 N–H and O–H groups in total. The van der Waals surface area contributed by atoms with Gasteiger partial charge in [0.1, 0.15) is 0 Å². The molecule has 5 heteroatoms. The zero-order chi connectivity index (χ0) is 14.7. The molecule has 0 amide bonds. The number of hydrogen-bond donors (Lipinski definition) is 1. The highest BCUT2D eigenvalue weighted by Crippen LogP contribution is 2.20. The Hall–Kier alpha value is -2.56. The summed E-state index contributed by atoms with van der Waals surface area (Å²) >= 11 is 0. The van der Waals surface area contributed by atoms with Gasteiger partial charge in [0.25, 0.3) is 5.56 Å². The number of benzene rings is 1. The Morgan fingerprint density at radius 1 is 1.24 bits per heavy atom. The number of aryl methyl sites for hydroxylation is 2. The summed E-state index contributed by atoms with van der Waals surface area (Å²) in [6.45, 7) is 1.67. The molecule has 0 saturated heterocycles. The van der Waals surface area contributed by atoms with Crippen molar-refractivity contribution in [3.63, 3.8) is 0 Å². The summed E-state index contributed by atoms with van der Waals surface area (Å²) in [7, 11) is 1.80. The number of aromatic nitrogens is 3. The lowest BCUT2D eigenvalue weighted by atomic mass is 10.2. The third-order valence-electron chi connectivity index (χ3n) is 3.59. The Morgan fingerprint density at radius 2 is 2.10 bits per heavy atom. The quantitative estimate of drug-likeness (QED) is 0.730. The Bertz CT molecular complexity index is 790. The Labute approximate surface area is 122 Å². The molecule has 21 heavy (non-hydrogen) atoms. The molecular weight excluding hydrogens is 264 g/mol. The number of rotatable bonds is 5. The fourth-order valence-electron chi connectivity index (χ4n) is 2.45. The van der Waals surface area contributed by atoms with Crippen LogP contribution in [0.15, 0.2) is 53.6 Å². The second-order valence-electron chi connectivity index (χ2n) is 5.02. The highest BCUT2D eigenvalue weighted by Gasteiger charge is 2.05. The van der Waals surface area contributed by atoms with Crippen molar-refractivity contribution in [1.29, 1.82) is 0 Å². The molecule has 0 spiro atoms. The molecule has 0 saturated carbocycles. The maximum absolute atomic E-state index is 12.0. The van der Waals surface area contributed by atoms with Crippen LogP contribution in [0.4, 0.5) is 5.69 Å². The van der Waals surface area contributed by atoms with E-state index in [1.54, 1.807) is 23.9 Å². The molecule has 2 aromatic heterocycles. The summed E-state index contributed by atoms with van der Waals surface area (Å²) in [5, 5.41) is 8.60. The van der Waals surface area contributed by atoms with E-state index in [4.69, 9.17) is 0 Å². The van der Waals surface area contributed by atoms with Crippen LogP contribution in [0.5, 0.6) is 0 Å². The minimum atomic E-state index is 0.00303. The van der Waals surface area contributed by atoms with Gasteiger partial charge in [0.15, 0.2) is 0 Å². The first-order chi connectivity index (χ1) is 10.3. The van der Waals surface area contributed by atoms with Gasteiger partial charge in [0, 0.05) is 49.7 Å². The standard InChI is InChI=1S/C16H18N4O/c1-19-15-7-3-2-6-13(15)14(12-16(19)21)17-8-4-10-20-11-5-9-18-20/h2-3,5-7,9,11-12,17H,4,8,10H2,1H3. The lowest BCUT2D eigenvalue weighted by molar-refractivity contribution is 0.592. The van der Waals surface area contributed by atoms with Gasteiger partial charge >= 0.3 is 0 Å². The molecule has 2 heterocycles. The van der Waals surface area contributed by atoms with Gasteiger partial charge in [0.2, 0.25) is 0 Å². The fourth-order valence-corrected chi connectivity index (χ4v) is 2.45. The van der Waals surface area contributed by atoms with Gasteiger partial charge in [-0.25, -0.2) is 0 Å². The Balaban J connectivity index is 1.75. The third kappa shape index (κ3) is 2.81. The third-order valence-corrected chi connectivity index (χ3v) is 3.59. The summed E-state index contributed by atoms with van der Waals surface area (Å²) in [6, 6.07) is 11.5. The van der Waals surface area contributed by atoms with Crippen LogP contribution in [0.25, 0.3) is 10.9 Å². The molecule has 3 rings (SSSR count). The first kappa shape index (κ1) is 13.4. The van der Waals surface area contributed by atoms with Gasteiger partial charge in [-0.2, -0.15) is 5.10 Å². The van der Waals surface area contributed by atoms with E-state index in [0.717, 1.165) is 36.1 Å². The number of nitrogens with one attached hydrogen (secondary N) is 1. The van der Waals surface area contributed by atoms with Crippen LogP contribution < -0.4 is 10.9 Å². The van der Waals surface area contributed by atoms with Crippen LogP contribution >= 0.6 is 0 Å². The van der Waals surface area contributed by atoms with Crippen molar-refractivity contribution < 1.29 is 0 Å². The molecule has 5 nitrogen and oxygen atoms in total. The minimum absolute atomic E-state index is 0.00303. The predicted octanol–water partition coefficient (Wildman–Crippen LogP) is 2.24. The molecule has 0 aliphatic heterocycles. The van der Waals surface area contributed by atoms with Crippen molar-refractivity contribution in [2.24, 2.45) is 7.05 Å². The first-order valence-corrected chi connectivity index (χ1v) is 7.06. The van der Waals surface area contributed by atoms with E-state index in [2.05, 4.69) is 10.4 Å². The van der Waals surface area contributed by atoms with Crippen molar-refractivity contribution in [1.82, 2.24) is 14.3 Å². The molecule has 0 aliphatic rings. The molecule has 0 aliphatic carbocycles. The molecule has 0 fully saturated rings. The van der Waals surface area contributed by atoms with Crippen LogP contribution in [0.1, 0.15) is 6.42 Å². The van der Waals surface area contributed by atoms with Crippen LogP contribution in [-0.2, 0) is 13.6 Å². The lowest BCUT2D eigenvalue weighted by Gasteiger charge is -2.12. The summed E-state index contributed by atoms with van der Waals surface area (Å²) < 4.78 is 3.58. The van der Waals surface area contributed by atoms with E-state index in [1.807, 2.05) is 41.2 Å². The summed E-state index contributed by atoms with van der Waals surface area (Å²) in [5.74, 6) is 0. The summed E-state index contributed by atoms with van der Waals surface area (Å²) in [5.41, 5.74) is 1.84. The molecule has 0 radical (unpaired) electrons. The van der Waals surface area contributed by atoms with Crippen molar-refractivity contribution in [3.05, 3.63) is 59.1 Å². The highest BCUT2D eigenvalue weighted by molar-refractivity contribution is 5.91. The fraction of sp³-hybridized carbons (Fsp3) is 0.250. The normalized spacial score (nSPS) is 10.9. The summed E-state index contributed by atoms with van der Waals surface area (Å²) in [4.78, 5) is 12.0.